The van der Waals surface area contributed by atoms with Gasteiger partial charge in [0.05, 0.1) is 48.3 Å². The third-order valence-electron chi connectivity index (χ3n) is 3.86. The quantitative estimate of drug-likeness (QED) is 0.575. The molecule has 0 saturated heterocycles. The van der Waals surface area contributed by atoms with Crippen molar-refractivity contribution in [3.8, 4) is 17.2 Å². The molecule has 0 aliphatic carbocycles. The normalized spacial score (nSPS) is 15.1. The first-order valence-electron chi connectivity index (χ1n) is 7.68. The number of ether oxygens (including phenoxy) is 3. The molecule has 1 aliphatic heterocycles. The Morgan fingerprint density at radius 1 is 1.04 bits per heavy atom. The lowest BCUT2D eigenvalue weighted by Crippen LogP contribution is -1.97. The summed E-state index contributed by atoms with van der Waals surface area (Å²) in [5, 5.41) is 0. The van der Waals surface area contributed by atoms with Gasteiger partial charge in [0.1, 0.15) is 0 Å². The van der Waals surface area contributed by atoms with E-state index in [9.17, 15) is 9.00 Å². The van der Waals surface area contributed by atoms with Crippen molar-refractivity contribution in [2.45, 2.75) is 4.90 Å². The Hall–Kier alpha value is -2.93. The molecule has 0 saturated carbocycles. The van der Waals surface area contributed by atoms with Gasteiger partial charge in [0.15, 0.2) is 17.3 Å². The van der Waals surface area contributed by atoms with E-state index in [-0.39, 0.29) is 5.78 Å². The molecule has 134 valence electrons. The Labute approximate surface area is 153 Å². The van der Waals surface area contributed by atoms with Crippen LogP contribution in [0.5, 0.6) is 17.2 Å². The molecule has 1 atom stereocenters. The third kappa shape index (κ3) is 3.39. The fourth-order valence-electron chi connectivity index (χ4n) is 2.56. The summed E-state index contributed by atoms with van der Waals surface area (Å²) >= 11 is 0. The van der Waals surface area contributed by atoms with E-state index < -0.39 is 10.8 Å². The maximum absolute atomic E-state index is 12.4. The predicted octanol–water partition coefficient (Wildman–Crippen LogP) is 3.39. The highest BCUT2D eigenvalue weighted by Gasteiger charge is 2.16. The lowest BCUT2D eigenvalue weighted by molar-refractivity contribution is 0.104. The van der Waals surface area contributed by atoms with Gasteiger partial charge in [-0.05, 0) is 42.0 Å². The standard InChI is InChI=1S/C19H17NO5S/c1-23-16-8-12(9-17(24-2)19(16)25-3)4-7-15(21)13-5-6-14-18(10-13)26(22)11-20-14/h4-11H,1-3H3. The highest BCUT2D eigenvalue weighted by Crippen LogP contribution is 2.38. The lowest BCUT2D eigenvalue weighted by Gasteiger charge is -2.12. The second-order valence-corrected chi connectivity index (χ2v) is 6.62. The molecule has 0 fully saturated rings. The van der Waals surface area contributed by atoms with Crippen molar-refractivity contribution in [3.63, 3.8) is 0 Å². The van der Waals surface area contributed by atoms with Gasteiger partial charge in [0.2, 0.25) is 5.75 Å². The molecule has 7 heteroatoms. The van der Waals surface area contributed by atoms with E-state index in [0.717, 1.165) is 5.56 Å². The molecule has 3 rings (SSSR count). The number of carbonyl (C=O) groups excluding carboxylic acids is 1. The molecule has 6 nitrogen and oxygen atoms in total. The maximum atomic E-state index is 12.4. The van der Waals surface area contributed by atoms with E-state index in [0.29, 0.717) is 33.4 Å². The van der Waals surface area contributed by atoms with Crippen molar-refractivity contribution in [1.82, 2.24) is 0 Å². The molecule has 0 amide bonds. The van der Waals surface area contributed by atoms with Crippen LogP contribution in [0.2, 0.25) is 0 Å². The largest absolute Gasteiger partial charge is 0.493 e. The zero-order valence-electron chi connectivity index (χ0n) is 14.5. The minimum absolute atomic E-state index is 0.203. The van der Waals surface area contributed by atoms with Gasteiger partial charge in [-0.3, -0.25) is 4.79 Å². The Morgan fingerprint density at radius 3 is 2.35 bits per heavy atom. The Bertz CT molecular complexity index is 924. The van der Waals surface area contributed by atoms with Crippen LogP contribution in [0.3, 0.4) is 0 Å². The number of aliphatic imine (C=N–C) groups is 1. The molecule has 1 heterocycles. The molecule has 2 aromatic rings. The first-order chi connectivity index (χ1) is 12.6. The van der Waals surface area contributed by atoms with Gasteiger partial charge in [-0.2, -0.15) is 0 Å². The Morgan fingerprint density at radius 2 is 1.73 bits per heavy atom. The van der Waals surface area contributed by atoms with Crippen molar-refractivity contribution in [3.05, 3.63) is 47.5 Å². The molecule has 1 unspecified atom stereocenters. The van der Waals surface area contributed by atoms with E-state index in [2.05, 4.69) is 4.99 Å². The summed E-state index contributed by atoms with van der Waals surface area (Å²) in [4.78, 5) is 17.0. The van der Waals surface area contributed by atoms with E-state index in [1.165, 1.54) is 33.0 Å². The van der Waals surface area contributed by atoms with Crippen molar-refractivity contribution in [2.75, 3.05) is 21.3 Å². The fraction of sp³-hybridized carbons (Fsp3) is 0.158. The summed E-state index contributed by atoms with van der Waals surface area (Å²) in [5.74, 6) is 1.29. The number of carbonyl (C=O) groups is 1. The maximum Gasteiger partial charge on any atom is 0.203 e. The number of hydrogen-bond acceptors (Lipinski definition) is 6. The van der Waals surface area contributed by atoms with Crippen LogP contribution in [0.4, 0.5) is 5.69 Å². The number of benzene rings is 2. The minimum Gasteiger partial charge on any atom is -0.493 e. The highest BCUT2D eigenvalue weighted by atomic mass is 32.2. The summed E-state index contributed by atoms with van der Waals surface area (Å²) in [6.07, 6.45) is 3.11. The van der Waals surface area contributed by atoms with Gasteiger partial charge in [-0.25, -0.2) is 9.20 Å². The summed E-state index contributed by atoms with van der Waals surface area (Å²) < 4.78 is 27.7. The van der Waals surface area contributed by atoms with Crippen LogP contribution in [0.15, 0.2) is 46.3 Å². The van der Waals surface area contributed by atoms with Crippen molar-refractivity contribution in [1.29, 1.82) is 0 Å². The third-order valence-corrected chi connectivity index (χ3v) is 4.92. The monoisotopic (exact) mass is 371 g/mol. The summed E-state index contributed by atoms with van der Waals surface area (Å²) in [6, 6.07) is 8.46. The zero-order valence-corrected chi connectivity index (χ0v) is 15.3. The number of allylic oxidation sites excluding steroid dienone is 1. The SMILES string of the molecule is COc1cc(C=CC(=O)c2ccc3c(c2)S(=O)C=N3)cc(OC)c1OC. The predicted molar refractivity (Wildman–Crippen MR) is 100 cm³/mol. The van der Waals surface area contributed by atoms with Crippen LogP contribution in [-0.2, 0) is 10.8 Å². The molecular formula is C19H17NO5S. The van der Waals surface area contributed by atoms with E-state index in [1.807, 2.05) is 0 Å². The highest BCUT2D eigenvalue weighted by molar-refractivity contribution is 7.99. The first-order valence-corrected chi connectivity index (χ1v) is 8.90. The number of hydrogen-bond donors (Lipinski definition) is 0. The molecule has 0 spiro atoms. The number of ketones is 1. The Kier molecular flexibility index (Phi) is 5.18. The molecule has 0 radical (unpaired) electrons. The second-order valence-electron chi connectivity index (χ2n) is 5.37. The molecular weight excluding hydrogens is 354 g/mol. The van der Waals surface area contributed by atoms with E-state index in [4.69, 9.17) is 14.2 Å². The van der Waals surface area contributed by atoms with Crippen LogP contribution in [0.1, 0.15) is 15.9 Å². The number of nitrogens with zero attached hydrogens (tertiary/aromatic N) is 1. The van der Waals surface area contributed by atoms with Crippen LogP contribution in [0, 0.1) is 0 Å². The summed E-state index contributed by atoms with van der Waals surface area (Å²) in [7, 11) is 3.30. The average Bonchev–Trinajstić information content (AvgIpc) is 3.05. The van der Waals surface area contributed by atoms with Crippen LogP contribution in [0.25, 0.3) is 6.08 Å². The van der Waals surface area contributed by atoms with Crippen molar-refractivity contribution in [2.24, 2.45) is 4.99 Å². The van der Waals surface area contributed by atoms with Crippen molar-refractivity contribution < 1.29 is 23.2 Å². The van der Waals surface area contributed by atoms with Crippen LogP contribution in [-0.4, -0.2) is 36.9 Å². The molecule has 2 aromatic carbocycles. The molecule has 26 heavy (non-hydrogen) atoms. The van der Waals surface area contributed by atoms with Crippen LogP contribution >= 0.6 is 0 Å². The van der Waals surface area contributed by atoms with E-state index in [1.54, 1.807) is 36.4 Å². The Balaban J connectivity index is 1.87. The van der Waals surface area contributed by atoms with Gasteiger partial charge in [-0.15, -0.1) is 0 Å². The molecule has 0 aromatic heterocycles. The minimum atomic E-state index is -1.29. The van der Waals surface area contributed by atoms with Crippen LogP contribution < -0.4 is 14.2 Å². The number of rotatable bonds is 6. The zero-order chi connectivity index (χ0) is 18.7. The number of methoxy groups -OCH3 is 3. The second kappa shape index (κ2) is 7.53. The topological polar surface area (TPSA) is 74.2 Å². The molecule has 0 N–H and O–H groups in total. The van der Waals surface area contributed by atoms with Gasteiger partial charge >= 0.3 is 0 Å². The van der Waals surface area contributed by atoms with E-state index >= 15 is 0 Å². The average molecular weight is 371 g/mol. The van der Waals surface area contributed by atoms with Gasteiger partial charge < -0.3 is 14.2 Å². The van der Waals surface area contributed by atoms with Gasteiger partial charge in [0, 0.05) is 5.56 Å². The summed E-state index contributed by atoms with van der Waals surface area (Å²) in [5.41, 5.74) is 3.17. The first kappa shape index (κ1) is 17.9. The lowest BCUT2D eigenvalue weighted by atomic mass is 10.1. The van der Waals surface area contributed by atoms with Crippen molar-refractivity contribution >= 4 is 33.9 Å². The number of fused-ring (bicyclic) bond motifs is 1. The smallest absolute Gasteiger partial charge is 0.203 e. The van der Waals surface area contributed by atoms with Gasteiger partial charge in [-0.1, -0.05) is 6.08 Å². The fourth-order valence-corrected chi connectivity index (χ4v) is 3.46. The summed E-state index contributed by atoms with van der Waals surface area (Å²) in [6.45, 7) is 0. The van der Waals surface area contributed by atoms with Gasteiger partial charge in [0.25, 0.3) is 0 Å². The molecule has 1 aliphatic rings. The molecule has 0 bridgehead atoms.